The first-order valence-electron chi connectivity index (χ1n) is 5.26. The first-order chi connectivity index (χ1) is 8.15. The Morgan fingerprint density at radius 3 is 2.53 bits per heavy atom. The third-order valence-corrected chi connectivity index (χ3v) is 2.75. The summed E-state index contributed by atoms with van der Waals surface area (Å²) in [5.41, 5.74) is 1.39. The molecule has 0 N–H and O–H groups in total. The van der Waals surface area contributed by atoms with Crippen LogP contribution in [-0.4, -0.2) is 20.2 Å². The Bertz CT molecular complexity index is 448. The minimum absolute atomic E-state index is 0.269. The molecule has 1 unspecified atom stereocenters. The highest BCUT2D eigenvalue weighted by Crippen LogP contribution is 2.36. The lowest BCUT2D eigenvalue weighted by Gasteiger charge is -2.12. The monoisotopic (exact) mass is 234 g/mol. The molecule has 1 atom stereocenters. The van der Waals surface area contributed by atoms with Crippen molar-refractivity contribution in [3.8, 4) is 11.5 Å². The zero-order chi connectivity index (χ0) is 12.4. The summed E-state index contributed by atoms with van der Waals surface area (Å²) in [6, 6.07) is 5.47. The molecule has 1 aromatic rings. The number of esters is 1. The Morgan fingerprint density at radius 2 is 2.00 bits per heavy atom. The van der Waals surface area contributed by atoms with Gasteiger partial charge in [0, 0.05) is 12.0 Å². The predicted octanol–water partition coefficient (Wildman–Crippen LogP) is 2.25. The van der Waals surface area contributed by atoms with Crippen LogP contribution in [0.1, 0.15) is 18.1 Å². The Morgan fingerprint density at radius 1 is 1.29 bits per heavy atom. The van der Waals surface area contributed by atoms with E-state index in [1.807, 2.05) is 12.1 Å². The first-order valence-corrected chi connectivity index (χ1v) is 5.26. The Hall–Kier alpha value is -1.97. The average molecular weight is 234 g/mol. The van der Waals surface area contributed by atoms with Crippen molar-refractivity contribution in [3.05, 3.63) is 35.9 Å². The number of carbonyl (C=O) groups is 1. The van der Waals surface area contributed by atoms with E-state index in [0.717, 1.165) is 5.56 Å². The normalized spacial score (nSPS) is 19.1. The fourth-order valence-corrected chi connectivity index (χ4v) is 1.80. The summed E-state index contributed by atoms with van der Waals surface area (Å²) in [7, 11) is 3.15. The maximum absolute atomic E-state index is 11.3. The van der Waals surface area contributed by atoms with E-state index >= 15 is 0 Å². The van der Waals surface area contributed by atoms with Gasteiger partial charge in [-0.15, -0.1) is 0 Å². The fourth-order valence-electron chi connectivity index (χ4n) is 1.80. The van der Waals surface area contributed by atoms with E-state index < -0.39 is 0 Å². The molecular formula is C13H14O4. The van der Waals surface area contributed by atoms with Gasteiger partial charge < -0.3 is 14.2 Å². The molecule has 0 aliphatic carbocycles. The molecule has 2 rings (SSSR count). The lowest BCUT2D eigenvalue weighted by atomic mass is 10.0. The summed E-state index contributed by atoms with van der Waals surface area (Å²) in [6.07, 6.45) is 0.253. The molecule has 1 aromatic carbocycles. The molecule has 0 spiro atoms. The highest BCUT2D eigenvalue weighted by Gasteiger charge is 2.29. The van der Waals surface area contributed by atoms with Crippen LogP contribution in [0.4, 0.5) is 0 Å². The van der Waals surface area contributed by atoms with Crippen LogP contribution in [0.2, 0.25) is 0 Å². The minimum atomic E-state index is -0.329. The third kappa shape index (κ3) is 2.11. The molecule has 4 heteroatoms. The van der Waals surface area contributed by atoms with E-state index in [1.54, 1.807) is 20.3 Å². The summed E-state index contributed by atoms with van der Waals surface area (Å²) in [5, 5.41) is 0. The van der Waals surface area contributed by atoms with Crippen molar-refractivity contribution in [1.29, 1.82) is 0 Å². The number of hydrogen-bond donors (Lipinski definition) is 0. The van der Waals surface area contributed by atoms with E-state index in [4.69, 9.17) is 14.2 Å². The third-order valence-electron chi connectivity index (χ3n) is 2.75. The van der Waals surface area contributed by atoms with Gasteiger partial charge in [0.15, 0.2) is 11.5 Å². The van der Waals surface area contributed by atoms with Crippen LogP contribution in [0.25, 0.3) is 0 Å². The van der Waals surface area contributed by atoms with Crippen molar-refractivity contribution in [3.63, 3.8) is 0 Å². The number of ether oxygens (including phenoxy) is 3. The van der Waals surface area contributed by atoms with Crippen molar-refractivity contribution in [2.24, 2.45) is 0 Å². The van der Waals surface area contributed by atoms with Gasteiger partial charge in [-0.3, -0.25) is 0 Å². The fraction of sp³-hybridized carbons (Fsp3) is 0.308. The molecule has 0 saturated carbocycles. The second kappa shape index (κ2) is 4.49. The summed E-state index contributed by atoms with van der Waals surface area (Å²) in [6.45, 7) is 3.66. The molecular weight excluding hydrogens is 220 g/mol. The van der Waals surface area contributed by atoms with Crippen LogP contribution in [0.5, 0.6) is 11.5 Å². The number of hydrogen-bond acceptors (Lipinski definition) is 4. The SMILES string of the molecule is C=C1CC(c2ccc(OC)c(OC)c2)OC1=O. The molecule has 0 radical (unpaired) electrons. The van der Waals surface area contributed by atoms with Crippen LogP contribution < -0.4 is 9.47 Å². The minimum Gasteiger partial charge on any atom is -0.493 e. The summed E-state index contributed by atoms with van der Waals surface area (Å²) < 4.78 is 15.5. The van der Waals surface area contributed by atoms with E-state index in [-0.39, 0.29) is 12.1 Å². The summed E-state index contributed by atoms with van der Waals surface area (Å²) >= 11 is 0. The molecule has 1 fully saturated rings. The van der Waals surface area contributed by atoms with Gasteiger partial charge in [0.2, 0.25) is 0 Å². The van der Waals surface area contributed by atoms with Crippen molar-refractivity contribution >= 4 is 5.97 Å². The second-order valence-corrected chi connectivity index (χ2v) is 3.82. The highest BCUT2D eigenvalue weighted by atomic mass is 16.6. The highest BCUT2D eigenvalue weighted by molar-refractivity contribution is 5.90. The molecule has 17 heavy (non-hydrogen) atoms. The lowest BCUT2D eigenvalue weighted by Crippen LogP contribution is -2.00. The number of rotatable bonds is 3. The van der Waals surface area contributed by atoms with Gasteiger partial charge in [0.25, 0.3) is 0 Å². The molecule has 1 heterocycles. The molecule has 0 aromatic heterocycles. The quantitative estimate of drug-likeness (QED) is 0.594. The van der Waals surface area contributed by atoms with Crippen molar-refractivity contribution in [2.45, 2.75) is 12.5 Å². The van der Waals surface area contributed by atoms with Gasteiger partial charge in [0.1, 0.15) is 6.10 Å². The Labute approximate surface area is 99.8 Å². The predicted molar refractivity (Wildman–Crippen MR) is 62.1 cm³/mol. The van der Waals surface area contributed by atoms with E-state index in [1.165, 1.54) is 0 Å². The van der Waals surface area contributed by atoms with E-state index in [0.29, 0.717) is 23.5 Å². The van der Waals surface area contributed by atoms with E-state index in [9.17, 15) is 4.79 Å². The number of cyclic esters (lactones) is 1. The summed E-state index contributed by atoms with van der Waals surface area (Å²) in [5.74, 6) is 0.947. The molecule has 0 amide bonds. The number of methoxy groups -OCH3 is 2. The zero-order valence-corrected chi connectivity index (χ0v) is 9.86. The molecule has 4 nitrogen and oxygen atoms in total. The Kier molecular flexibility index (Phi) is 3.04. The van der Waals surface area contributed by atoms with Crippen LogP contribution in [0.15, 0.2) is 30.4 Å². The Balaban J connectivity index is 2.28. The molecule has 90 valence electrons. The van der Waals surface area contributed by atoms with E-state index in [2.05, 4.69) is 6.58 Å². The van der Waals surface area contributed by atoms with Crippen molar-refractivity contribution in [1.82, 2.24) is 0 Å². The number of carbonyl (C=O) groups excluding carboxylic acids is 1. The van der Waals surface area contributed by atoms with Crippen LogP contribution >= 0.6 is 0 Å². The standard InChI is InChI=1S/C13H14O4/c1-8-6-11(17-13(8)14)9-4-5-10(15-2)12(7-9)16-3/h4-5,7,11H,1,6H2,2-3H3. The average Bonchev–Trinajstić information content (AvgIpc) is 2.68. The smallest absolute Gasteiger partial charge is 0.334 e. The topological polar surface area (TPSA) is 44.8 Å². The first kappa shape index (κ1) is 11.5. The summed E-state index contributed by atoms with van der Waals surface area (Å²) in [4.78, 5) is 11.3. The van der Waals surface area contributed by atoms with Crippen LogP contribution in [-0.2, 0) is 9.53 Å². The maximum atomic E-state index is 11.3. The second-order valence-electron chi connectivity index (χ2n) is 3.82. The largest absolute Gasteiger partial charge is 0.493 e. The maximum Gasteiger partial charge on any atom is 0.334 e. The van der Waals surface area contributed by atoms with Crippen molar-refractivity contribution in [2.75, 3.05) is 14.2 Å². The molecule has 1 aliphatic heterocycles. The zero-order valence-electron chi connectivity index (χ0n) is 9.86. The number of benzene rings is 1. The molecule has 0 bridgehead atoms. The van der Waals surface area contributed by atoms with Gasteiger partial charge >= 0.3 is 5.97 Å². The van der Waals surface area contributed by atoms with Gasteiger partial charge in [-0.2, -0.15) is 0 Å². The van der Waals surface area contributed by atoms with Gasteiger partial charge in [0.05, 0.1) is 14.2 Å². The van der Waals surface area contributed by atoms with Gasteiger partial charge in [-0.25, -0.2) is 4.79 Å². The van der Waals surface area contributed by atoms with Crippen LogP contribution in [0.3, 0.4) is 0 Å². The van der Waals surface area contributed by atoms with Gasteiger partial charge in [-0.1, -0.05) is 12.6 Å². The van der Waals surface area contributed by atoms with Crippen LogP contribution in [0, 0.1) is 0 Å². The molecule has 1 aliphatic rings. The molecule has 1 saturated heterocycles. The van der Waals surface area contributed by atoms with Crippen molar-refractivity contribution < 1.29 is 19.0 Å². The van der Waals surface area contributed by atoms with Gasteiger partial charge in [-0.05, 0) is 17.7 Å². The lowest BCUT2D eigenvalue weighted by molar-refractivity contribution is -0.139.